The van der Waals surface area contributed by atoms with Gasteiger partial charge in [0, 0.05) is 29.1 Å². The van der Waals surface area contributed by atoms with Gasteiger partial charge in [0.15, 0.2) is 5.69 Å². The first-order chi connectivity index (χ1) is 14.5. The van der Waals surface area contributed by atoms with Crippen LogP contribution in [0.5, 0.6) is 0 Å². The second kappa shape index (κ2) is 8.73. The van der Waals surface area contributed by atoms with Crippen molar-refractivity contribution >= 4 is 16.7 Å². The molecule has 170 valence electrons. The molecule has 6 nitrogen and oxygen atoms in total. The van der Waals surface area contributed by atoms with E-state index in [0.717, 1.165) is 25.7 Å². The van der Waals surface area contributed by atoms with Crippen LogP contribution >= 0.6 is 0 Å². The Morgan fingerprint density at radius 3 is 2.29 bits per heavy atom. The lowest BCUT2D eigenvalue weighted by Gasteiger charge is -2.49. The molecular weight excluding hydrogens is 388 g/mol. The fourth-order valence-electron chi connectivity index (χ4n) is 5.12. The first-order valence-electron chi connectivity index (χ1n) is 11.6. The zero-order chi connectivity index (χ0) is 23.0. The van der Waals surface area contributed by atoms with E-state index in [1.165, 1.54) is 4.68 Å². The molecule has 3 rings (SSSR count). The molecule has 0 spiro atoms. The van der Waals surface area contributed by atoms with Crippen molar-refractivity contribution in [3.05, 3.63) is 40.3 Å². The Labute approximate surface area is 186 Å². The third-order valence-electron chi connectivity index (χ3n) is 6.14. The SMILES string of the molecule is CCCCN(C(=O)c1nn(C(C)C)c(=O)c2ccccc12)C1CC(C)(C)NC(C)(C)C1. The van der Waals surface area contributed by atoms with Crippen LogP contribution in [0.4, 0.5) is 0 Å². The first-order valence-corrected chi connectivity index (χ1v) is 11.6. The Kier molecular flexibility index (Phi) is 6.61. The van der Waals surface area contributed by atoms with Crippen molar-refractivity contribution in [1.82, 2.24) is 20.0 Å². The third kappa shape index (κ3) is 5.00. The predicted molar refractivity (Wildman–Crippen MR) is 127 cm³/mol. The van der Waals surface area contributed by atoms with E-state index in [1.54, 1.807) is 6.07 Å². The predicted octanol–water partition coefficient (Wildman–Crippen LogP) is 4.53. The average molecular weight is 427 g/mol. The molecule has 0 radical (unpaired) electrons. The van der Waals surface area contributed by atoms with Crippen molar-refractivity contribution in [3.63, 3.8) is 0 Å². The van der Waals surface area contributed by atoms with Crippen LogP contribution in [0.15, 0.2) is 29.1 Å². The minimum atomic E-state index is -0.147. The van der Waals surface area contributed by atoms with Crippen molar-refractivity contribution in [2.45, 2.75) is 97.3 Å². The Balaban J connectivity index is 2.12. The largest absolute Gasteiger partial charge is 0.334 e. The van der Waals surface area contributed by atoms with Crippen LogP contribution < -0.4 is 10.9 Å². The summed E-state index contributed by atoms with van der Waals surface area (Å²) in [6.45, 7) is 15.5. The fourth-order valence-corrected chi connectivity index (χ4v) is 5.12. The smallest absolute Gasteiger partial charge is 0.275 e. The molecule has 1 aliphatic heterocycles. The standard InChI is InChI=1S/C25H38N4O2/c1-8-9-14-28(18-15-24(4,5)27-25(6,7)16-18)23(31)21-19-12-10-11-13-20(19)22(30)29(26-21)17(2)3/h10-13,17-18,27H,8-9,14-16H2,1-7H3. The number of piperidine rings is 1. The number of carbonyl (C=O) groups is 1. The molecule has 1 saturated heterocycles. The number of unbranched alkanes of at least 4 members (excludes halogenated alkanes) is 1. The van der Waals surface area contributed by atoms with Crippen LogP contribution in [-0.4, -0.2) is 44.3 Å². The van der Waals surface area contributed by atoms with E-state index in [2.05, 4.69) is 45.0 Å². The molecule has 0 saturated carbocycles. The van der Waals surface area contributed by atoms with Gasteiger partial charge in [-0.05, 0) is 66.9 Å². The molecule has 1 aliphatic rings. The molecule has 0 bridgehead atoms. The number of aromatic nitrogens is 2. The van der Waals surface area contributed by atoms with Gasteiger partial charge >= 0.3 is 0 Å². The van der Waals surface area contributed by atoms with Gasteiger partial charge in [-0.2, -0.15) is 5.10 Å². The van der Waals surface area contributed by atoms with Crippen molar-refractivity contribution in [2.24, 2.45) is 0 Å². The molecule has 1 aromatic carbocycles. The van der Waals surface area contributed by atoms with Gasteiger partial charge in [0.2, 0.25) is 0 Å². The number of fused-ring (bicyclic) bond motifs is 1. The van der Waals surface area contributed by atoms with Gasteiger partial charge in [0.25, 0.3) is 11.5 Å². The van der Waals surface area contributed by atoms with Crippen molar-refractivity contribution in [2.75, 3.05) is 6.54 Å². The summed E-state index contributed by atoms with van der Waals surface area (Å²) in [5.74, 6) is -0.0717. The summed E-state index contributed by atoms with van der Waals surface area (Å²) < 4.78 is 1.45. The number of nitrogens with zero attached hydrogens (tertiary/aromatic N) is 3. The number of benzene rings is 1. The molecule has 0 aliphatic carbocycles. The number of rotatable bonds is 6. The summed E-state index contributed by atoms with van der Waals surface area (Å²) in [6, 6.07) is 7.34. The van der Waals surface area contributed by atoms with Gasteiger partial charge in [-0.3, -0.25) is 9.59 Å². The van der Waals surface area contributed by atoms with Crippen LogP contribution in [0.3, 0.4) is 0 Å². The van der Waals surface area contributed by atoms with Gasteiger partial charge in [0.1, 0.15) is 0 Å². The van der Waals surface area contributed by atoms with Crippen molar-refractivity contribution in [1.29, 1.82) is 0 Å². The van der Waals surface area contributed by atoms with E-state index in [0.29, 0.717) is 23.0 Å². The Morgan fingerprint density at radius 1 is 1.16 bits per heavy atom. The summed E-state index contributed by atoms with van der Waals surface area (Å²) in [5, 5.41) is 9.50. The molecule has 2 aromatic rings. The van der Waals surface area contributed by atoms with Crippen LogP contribution in [0.1, 0.15) is 90.7 Å². The molecule has 1 aromatic heterocycles. The molecule has 6 heteroatoms. The maximum absolute atomic E-state index is 14.0. The maximum atomic E-state index is 14.0. The van der Waals surface area contributed by atoms with E-state index in [9.17, 15) is 9.59 Å². The normalized spacial score (nSPS) is 18.5. The molecular formula is C25H38N4O2. The van der Waals surface area contributed by atoms with E-state index >= 15 is 0 Å². The Bertz CT molecular complexity index is 990. The number of amides is 1. The van der Waals surface area contributed by atoms with Crippen LogP contribution in [0, 0.1) is 0 Å². The van der Waals surface area contributed by atoms with E-state index < -0.39 is 0 Å². The highest BCUT2D eigenvalue weighted by Crippen LogP contribution is 2.33. The summed E-state index contributed by atoms with van der Waals surface area (Å²) in [7, 11) is 0. The van der Waals surface area contributed by atoms with E-state index in [-0.39, 0.29) is 34.6 Å². The molecule has 31 heavy (non-hydrogen) atoms. The zero-order valence-corrected chi connectivity index (χ0v) is 20.2. The minimum absolute atomic E-state index is 0.0661. The second-order valence-corrected chi connectivity index (χ2v) is 10.5. The number of hydrogen-bond acceptors (Lipinski definition) is 4. The monoisotopic (exact) mass is 426 g/mol. The van der Waals surface area contributed by atoms with Gasteiger partial charge in [-0.15, -0.1) is 0 Å². The van der Waals surface area contributed by atoms with Crippen LogP contribution in [0.25, 0.3) is 10.8 Å². The zero-order valence-electron chi connectivity index (χ0n) is 20.2. The molecule has 2 heterocycles. The Hall–Kier alpha value is -2.21. The van der Waals surface area contributed by atoms with Crippen molar-refractivity contribution in [3.8, 4) is 0 Å². The first kappa shape index (κ1) is 23.5. The lowest BCUT2D eigenvalue weighted by molar-refractivity contribution is 0.0436. The van der Waals surface area contributed by atoms with Crippen LogP contribution in [-0.2, 0) is 0 Å². The topological polar surface area (TPSA) is 67.2 Å². The van der Waals surface area contributed by atoms with Gasteiger partial charge < -0.3 is 10.2 Å². The summed E-state index contributed by atoms with van der Waals surface area (Å²) in [4.78, 5) is 29.0. The third-order valence-corrected chi connectivity index (χ3v) is 6.14. The quantitative estimate of drug-likeness (QED) is 0.737. The van der Waals surface area contributed by atoms with Crippen LogP contribution in [0.2, 0.25) is 0 Å². The highest BCUT2D eigenvalue weighted by molar-refractivity contribution is 6.04. The number of hydrogen-bond donors (Lipinski definition) is 1. The Morgan fingerprint density at radius 2 is 1.74 bits per heavy atom. The highest BCUT2D eigenvalue weighted by atomic mass is 16.2. The van der Waals surface area contributed by atoms with Crippen molar-refractivity contribution < 1.29 is 4.79 Å². The second-order valence-electron chi connectivity index (χ2n) is 10.5. The summed E-state index contributed by atoms with van der Waals surface area (Å²) in [6.07, 6.45) is 3.72. The minimum Gasteiger partial charge on any atom is -0.334 e. The molecule has 1 fully saturated rings. The number of nitrogens with one attached hydrogen (secondary N) is 1. The molecule has 1 amide bonds. The average Bonchev–Trinajstić information content (AvgIpc) is 2.66. The molecule has 0 atom stereocenters. The lowest BCUT2D eigenvalue weighted by Crippen LogP contribution is -2.63. The number of carbonyl (C=O) groups excluding carboxylic acids is 1. The van der Waals surface area contributed by atoms with Gasteiger partial charge in [0.05, 0.1) is 11.4 Å². The van der Waals surface area contributed by atoms with E-state index in [4.69, 9.17) is 0 Å². The highest BCUT2D eigenvalue weighted by Gasteiger charge is 2.41. The molecule has 0 unspecified atom stereocenters. The molecule has 1 N–H and O–H groups in total. The van der Waals surface area contributed by atoms with Gasteiger partial charge in [-0.1, -0.05) is 31.5 Å². The van der Waals surface area contributed by atoms with E-state index in [1.807, 2.05) is 36.9 Å². The lowest BCUT2D eigenvalue weighted by atomic mass is 9.79. The fraction of sp³-hybridized carbons (Fsp3) is 0.640. The summed E-state index contributed by atoms with van der Waals surface area (Å²) in [5.41, 5.74) is 0.104. The van der Waals surface area contributed by atoms with Gasteiger partial charge in [-0.25, -0.2) is 4.68 Å². The summed E-state index contributed by atoms with van der Waals surface area (Å²) >= 11 is 0. The maximum Gasteiger partial charge on any atom is 0.275 e.